The average Bonchev–Trinajstić information content (AvgIpc) is 3.20. The maximum atomic E-state index is 5.93. The Balaban J connectivity index is 0.000000757. The Morgan fingerprint density at radius 3 is 2.50 bits per heavy atom. The van der Waals surface area contributed by atoms with Crippen molar-refractivity contribution in [1.82, 2.24) is 15.2 Å². The smallest absolute Gasteiger partial charge is 0.122 e. The van der Waals surface area contributed by atoms with Crippen molar-refractivity contribution in [3.8, 4) is 17.0 Å². The molecule has 2 aromatic heterocycles. The summed E-state index contributed by atoms with van der Waals surface area (Å²) in [5.74, 6) is 0.854. The second kappa shape index (κ2) is 12.4. The fourth-order valence-corrected chi connectivity index (χ4v) is 3.07. The lowest BCUT2D eigenvalue weighted by Crippen LogP contribution is -2.00. The van der Waals surface area contributed by atoms with Gasteiger partial charge < -0.3 is 10.5 Å². The molecule has 0 atom stereocenters. The van der Waals surface area contributed by atoms with Crippen LogP contribution in [0.4, 0.5) is 0 Å². The second-order valence-electron chi connectivity index (χ2n) is 6.39. The molecule has 2 aromatic carbocycles. The van der Waals surface area contributed by atoms with E-state index in [4.69, 9.17) is 4.74 Å². The highest BCUT2D eigenvalue weighted by molar-refractivity contribution is 5.85. The number of nitrogens with two attached hydrogens (primary N) is 1. The van der Waals surface area contributed by atoms with E-state index in [9.17, 15) is 0 Å². The zero-order chi connectivity index (χ0) is 21.8. The van der Waals surface area contributed by atoms with E-state index in [1.165, 1.54) is 12.6 Å². The van der Waals surface area contributed by atoms with E-state index in [1.807, 2.05) is 51.1 Å². The Kier molecular flexibility index (Phi) is 9.55. The molecule has 0 radical (unpaired) electrons. The Morgan fingerprint density at radius 2 is 1.73 bits per heavy atom. The van der Waals surface area contributed by atoms with Gasteiger partial charge in [0.15, 0.2) is 0 Å². The third-order valence-electron chi connectivity index (χ3n) is 4.49. The van der Waals surface area contributed by atoms with Crippen LogP contribution in [0.15, 0.2) is 66.9 Å². The van der Waals surface area contributed by atoms with Crippen LogP contribution in [0.2, 0.25) is 0 Å². The van der Waals surface area contributed by atoms with Crippen molar-refractivity contribution in [2.45, 2.75) is 33.6 Å². The van der Waals surface area contributed by atoms with Gasteiger partial charge in [-0.1, -0.05) is 50.2 Å². The van der Waals surface area contributed by atoms with Gasteiger partial charge in [-0.3, -0.25) is 10.1 Å². The SMILES string of the molecule is CC.CN.Cc1[nH]nc2ccc(-c3cc(OCCCc4ccccc4)ccn3)cc12. The number of aryl methyl sites for hydroxylation is 2. The summed E-state index contributed by atoms with van der Waals surface area (Å²) in [7, 11) is 1.50. The molecule has 4 aromatic rings. The molecule has 0 saturated heterocycles. The standard InChI is InChI=1S/C22H21N3O.C2H6.CH5N/c1-16-20-14-18(9-10-21(20)25-24-16)22-15-19(11-12-23-22)26-13-5-8-17-6-3-2-4-7-17;2*1-2/h2-4,6-7,9-12,14-15H,5,8,13H2,1H3,(H,24,25);1-2H3;2H2,1H3. The molecule has 0 aliphatic carbocycles. The van der Waals surface area contributed by atoms with E-state index in [-0.39, 0.29) is 0 Å². The van der Waals surface area contributed by atoms with Crippen LogP contribution >= 0.6 is 0 Å². The molecule has 0 amide bonds. The number of hydrogen-bond donors (Lipinski definition) is 2. The van der Waals surface area contributed by atoms with Crippen LogP contribution in [0.1, 0.15) is 31.5 Å². The number of ether oxygens (including phenoxy) is 1. The number of fused-ring (bicyclic) bond motifs is 1. The summed E-state index contributed by atoms with van der Waals surface area (Å²) in [6, 6.07) is 20.6. The summed E-state index contributed by atoms with van der Waals surface area (Å²) in [4.78, 5) is 4.50. The first-order valence-corrected chi connectivity index (χ1v) is 10.5. The summed E-state index contributed by atoms with van der Waals surface area (Å²) >= 11 is 0. The molecule has 0 fully saturated rings. The summed E-state index contributed by atoms with van der Waals surface area (Å²) in [5, 5.41) is 8.42. The second-order valence-corrected chi connectivity index (χ2v) is 6.39. The zero-order valence-corrected chi connectivity index (χ0v) is 18.4. The Hall–Kier alpha value is -3.18. The minimum Gasteiger partial charge on any atom is -0.493 e. The minimum atomic E-state index is 0.693. The van der Waals surface area contributed by atoms with Crippen molar-refractivity contribution in [3.63, 3.8) is 0 Å². The van der Waals surface area contributed by atoms with E-state index in [1.54, 1.807) is 6.20 Å². The van der Waals surface area contributed by atoms with Gasteiger partial charge in [0.2, 0.25) is 0 Å². The third-order valence-corrected chi connectivity index (χ3v) is 4.49. The topological polar surface area (TPSA) is 76.8 Å². The normalized spacial score (nSPS) is 9.90. The van der Waals surface area contributed by atoms with E-state index in [2.05, 4.69) is 51.2 Å². The number of hydrogen-bond acceptors (Lipinski definition) is 4. The summed E-state index contributed by atoms with van der Waals surface area (Å²) < 4.78 is 5.93. The molecular formula is C25H32N4O. The van der Waals surface area contributed by atoms with Gasteiger partial charge in [-0.25, -0.2) is 0 Å². The molecule has 0 aliphatic heterocycles. The maximum Gasteiger partial charge on any atom is 0.122 e. The molecular weight excluding hydrogens is 372 g/mol. The van der Waals surface area contributed by atoms with E-state index < -0.39 is 0 Å². The summed E-state index contributed by atoms with van der Waals surface area (Å²) in [5.41, 5.74) is 9.86. The van der Waals surface area contributed by atoms with Gasteiger partial charge in [0.25, 0.3) is 0 Å². The van der Waals surface area contributed by atoms with E-state index in [0.717, 1.165) is 46.4 Å². The van der Waals surface area contributed by atoms with Crippen LogP contribution in [-0.2, 0) is 6.42 Å². The van der Waals surface area contributed by atoms with Crippen molar-refractivity contribution < 1.29 is 4.74 Å². The Bertz CT molecular complexity index is 1010. The lowest BCUT2D eigenvalue weighted by atomic mass is 10.1. The van der Waals surface area contributed by atoms with Crippen molar-refractivity contribution in [1.29, 1.82) is 0 Å². The average molecular weight is 405 g/mol. The maximum absolute atomic E-state index is 5.93. The number of aromatic nitrogens is 3. The van der Waals surface area contributed by atoms with Crippen LogP contribution in [0.3, 0.4) is 0 Å². The van der Waals surface area contributed by atoms with Gasteiger partial charge >= 0.3 is 0 Å². The first-order valence-electron chi connectivity index (χ1n) is 10.5. The fourth-order valence-electron chi connectivity index (χ4n) is 3.07. The molecule has 0 aliphatic rings. The summed E-state index contributed by atoms with van der Waals surface area (Å²) in [6.45, 7) is 6.72. The van der Waals surface area contributed by atoms with Gasteiger partial charge in [-0.2, -0.15) is 5.10 Å². The largest absolute Gasteiger partial charge is 0.493 e. The fraction of sp³-hybridized carbons (Fsp3) is 0.280. The van der Waals surface area contributed by atoms with Crippen LogP contribution in [0, 0.1) is 6.92 Å². The zero-order valence-electron chi connectivity index (χ0n) is 18.4. The van der Waals surface area contributed by atoms with Crippen molar-refractivity contribution in [2.24, 2.45) is 5.73 Å². The number of nitrogens with one attached hydrogen (secondary N) is 1. The van der Waals surface area contributed by atoms with Gasteiger partial charge in [-0.15, -0.1) is 0 Å². The highest BCUT2D eigenvalue weighted by Crippen LogP contribution is 2.26. The molecule has 0 spiro atoms. The van der Waals surface area contributed by atoms with Gasteiger partial charge in [0.05, 0.1) is 17.8 Å². The van der Waals surface area contributed by atoms with Gasteiger partial charge in [0.1, 0.15) is 5.75 Å². The van der Waals surface area contributed by atoms with Crippen LogP contribution < -0.4 is 10.5 Å². The number of benzene rings is 2. The molecule has 4 rings (SSSR count). The van der Waals surface area contributed by atoms with Crippen molar-refractivity contribution in [3.05, 3.63) is 78.1 Å². The molecule has 30 heavy (non-hydrogen) atoms. The predicted molar refractivity (Wildman–Crippen MR) is 126 cm³/mol. The first kappa shape index (κ1) is 23.1. The van der Waals surface area contributed by atoms with Crippen LogP contribution in [0.5, 0.6) is 5.75 Å². The predicted octanol–water partition coefficient (Wildman–Crippen LogP) is 5.55. The highest BCUT2D eigenvalue weighted by Gasteiger charge is 2.06. The third kappa shape index (κ3) is 6.16. The van der Waals surface area contributed by atoms with Gasteiger partial charge in [0, 0.05) is 28.9 Å². The number of H-pyrrole nitrogens is 1. The van der Waals surface area contributed by atoms with Crippen LogP contribution in [0.25, 0.3) is 22.2 Å². The minimum absolute atomic E-state index is 0.693. The molecule has 0 unspecified atom stereocenters. The Labute approximate surface area is 179 Å². The number of nitrogens with zero attached hydrogens (tertiary/aromatic N) is 2. The number of rotatable bonds is 6. The molecule has 158 valence electrons. The molecule has 5 heteroatoms. The molecule has 3 N–H and O–H groups in total. The van der Waals surface area contributed by atoms with Crippen molar-refractivity contribution >= 4 is 10.9 Å². The molecule has 0 saturated carbocycles. The monoisotopic (exact) mass is 404 g/mol. The van der Waals surface area contributed by atoms with E-state index in [0.29, 0.717) is 6.61 Å². The molecule has 0 bridgehead atoms. The van der Waals surface area contributed by atoms with Crippen molar-refractivity contribution in [2.75, 3.05) is 13.7 Å². The number of aromatic amines is 1. The quantitative estimate of drug-likeness (QED) is 0.413. The Morgan fingerprint density at radius 1 is 0.967 bits per heavy atom. The molecule has 5 nitrogen and oxygen atoms in total. The lowest BCUT2D eigenvalue weighted by molar-refractivity contribution is 0.311. The molecule has 2 heterocycles. The number of pyridine rings is 1. The van der Waals surface area contributed by atoms with Gasteiger partial charge in [-0.05, 0) is 50.6 Å². The summed E-state index contributed by atoms with van der Waals surface area (Å²) in [6.07, 6.45) is 3.81. The van der Waals surface area contributed by atoms with Crippen LogP contribution in [-0.4, -0.2) is 28.8 Å². The first-order chi connectivity index (χ1) is 14.8. The van der Waals surface area contributed by atoms with E-state index >= 15 is 0 Å². The highest BCUT2D eigenvalue weighted by atomic mass is 16.5. The lowest BCUT2D eigenvalue weighted by Gasteiger charge is -2.08.